The van der Waals surface area contributed by atoms with E-state index in [1.165, 1.54) is 0 Å². The molecule has 2 aromatic rings. The van der Waals surface area contributed by atoms with E-state index in [4.69, 9.17) is 14.6 Å². The summed E-state index contributed by atoms with van der Waals surface area (Å²) >= 11 is 1.16. The summed E-state index contributed by atoms with van der Waals surface area (Å²) in [6.45, 7) is 6.45. The van der Waals surface area contributed by atoms with E-state index < -0.39 is 5.97 Å². The Kier molecular flexibility index (Phi) is 5.03. The lowest BCUT2D eigenvalue weighted by molar-refractivity contribution is 0.0701. The topological polar surface area (TPSA) is 68.7 Å². The Morgan fingerprint density at radius 2 is 2.09 bits per heavy atom. The summed E-state index contributed by atoms with van der Waals surface area (Å²) in [7, 11) is 1.58. The fraction of sp³-hybridized carbons (Fsp3) is 0.375. The molecular weight excluding hydrogens is 302 g/mol. The van der Waals surface area contributed by atoms with Gasteiger partial charge in [-0.25, -0.2) is 9.78 Å². The number of aryl methyl sites for hydroxylation is 1. The predicted octanol–water partition coefficient (Wildman–Crippen LogP) is 3.86. The minimum Gasteiger partial charge on any atom is -0.493 e. The molecule has 5 nitrogen and oxygen atoms in total. The zero-order valence-corrected chi connectivity index (χ0v) is 13.9. The van der Waals surface area contributed by atoms with Gasteiger partial charge in [-0.15, -0.1) is 11.3 Å². The van der Waals surface area contributed by atoms with Crippen LogP contribution in [-0.2, 0) is 0 Å². The molecule has 118 valence electrons. The third kappa shape index (κ3) is 3.57. The van der Waals surface area contributed by atoms with Crippen molar-refractivity contribution in [2.45, 2.75) is 20.8 Å². The fourth-order valence-electron chi connectivity index (χ4n) is 1.89. The van der Waals surface area contributed by atoms with E-state index in [0.29, 0.717) is 34.7 Å². The molecule has 0 fully saturated rings. The van der Waals surface area contributed by atoms with Crippen molar-refractivity contribution in [3.8, 4) is 22.1 Å². The lowest BCUT2D eigenvalue weighted by atomic mass is 10.2. The van der Waals surface area contributed by atoms with Gasteiger partial charge in [-0.3, -0.25) is 0 Å². The molecule has 0 spiro atoms. The number of hydrogen-bond acceptors (Lipinski definition) is 5. The number of carboxylic acids is 1. The molecule has 1 N–H and O–H groups in total. The van der Waals surface area contributed by atoms with Crippen molar-refractivity contribution >= 4 is 17.3 Å². The van der Waals surface area contributed by atoms with Crippen LogP contribution in [-0.4, -0.2) is 29.8 Å². The summed E-state index contributed by atoms with van der Waals surface area (Å²) in [5.74, 6) is 0.754. The maximum absolute atomic E-state index is 11.1. The molecule has 0 aliphatic rings. The van der Waals surface area contributed by atoms with Crippen LogP contribution in [0.1, 0.15) is 29.2 Å². The summed E-state index contributed by atoms with van der Waals surface area (Å²) < 4.78 is 11.1. The van der Waals surface area contributed by atoms with Crippen LogP contribution in [0, 0.1) is 12.8 Å². The second-order valence-corrected chi connectivity index (χ2v) is 6.31. The average molecular weight is 321 g/mol. The minimum absolute atomic E-state index is 0.258. The van der Waals surface area contributed by atoms with Gasteiger partial charge >= 0.3 is 5.97 Å². The molecule has 2 rings (SSSR count). The molecule has 0 bridgehead atoms. The highest BCUT2D eigenvalue weighted by Crippen LogP contribution is 2.35. The van der Waals surface area contributed by atoms with E-state index in [0.717, 1.165) is 16.9 Å². The number of benzene rings is 1. The zero-order valence-electron chi connectivity index (χ0n) is 13.0. The Hall–Kier alpha value is -2.08. The number of carbonyl (C=O) groups is 1. The quantitative estimate of drug-likeness (QED) is 0.875. The Morgan fingerprint density at radius 3 is 2.64 bits per heavy atom. The Labute approximate surface area is 133 Å². The van der Waals surface area contributed by atoms with Crippen LogP contribution in [0.25, 0.3) is 10.6 Å². The highest BCUT2D eigenvalue weighted by atomic mass is 32.1. The molecule has 6 heteroatoms. The van der Waals surface area contributed by atoms with Crippen LogP contribution < -0.4 is 9.47 Å². The first kappa shape index (κ1) is 16.3. The first-order chi connectivity index (χ1) is 10.4. The van der Waals surface area contributed by atoms with E-state index >= 15 is 0 Å². The van der Waals surface area contributed by atoms with Gasteiger partial charge in [-0.1, -0.05) is 13.8 Å². The molecule has 1 aromatic heterocycles. The van der Waals surface area contributed by atoms with Crippen molar-refractivity contribution in [2.24, 2.45) is 5.92 Å². The minimum atomic E-state index is -0.954. The number of rotatable bonds is 6. The molecule has 22 heavy (non-hydrogen) atoms. The van der Waals surface area contributed by atoms with Crippen molar-refractivity contribution in [3.05, 3.63) is 28.8 Å². The Balaban J connectivity index is 2.33. The number of nitrogens with zero attached hydrogens (tertiary/aromatic N) is 1. The summed E-state index contributed by atoms with van der Waals surface area (Å²) in [6.07, 6.45) is 0. The molecule has 0 aliphatic heterocycles. The number of hydrogen-bond donors (Lipinski definition) is 1. The molecule has 1 aromatic carbocycles. The maximum Gasteiger partial charge on any atom is 0.347 e. The molecule has 0 atom stereocenters. The normalized spacial score (nSPS) is 10.8. The first-order valence-electron chi connectivity index (χ1n) is 6.94. The number of thiazole rings is 1. The van der Waals surface area contributed by atoms with Crippen LogP contribution in [0.4, 0.5) is 0 Å². The number of carboxylic acid groups (broad SMARTS) is 1. The summed E-state index contributed by atoms with van der Waals surface area (Å²) in [5, 5.41) is 9.77. The molecule has 0 unspecified atom stereocenters. The van der Waals surface area contributed by atoms with Gasteiger partial charge in [-0.2, -0.15) is 0 Å². The van der Waals surface area contributed by atoms with Gasteiger partial charge in [0.1, 0.15) is 9.88 Å². The molecule has 0 amide bonds. The van der Waals surface area contributed by atoms with E-state index in [1.807, 2.05) is 18.2 Å². The van der Waals surface area contributed by atoms with Gasteiger partial charge in [0.15, 0.2) is 11.5 Å². The number of ether oxygens (including phenoxy) is 2. The van der Waals surface area contributed by atoms with E-state index in [-0.39, 0.29) is 4.88 Å². The van der Waals surface area contributed by atoms with Crippen molar-refractivity contribution in [1.82, 2.24) is 4.98 Å². The van der Waals surface area contributed by atoms with Gasteiger partial charge in [-0.05, 0) is 31.0 Å². The van der Waals surface area contributed by atoms with Gasteiger partial charge < -0.3 is 14.6 Å². The van der Waals surface area contributed by atoms with Crippen molar-refractivity contribution < 1.29 is 19.4 Å². The SMILES string of the molecule is COc1cc(-c2nc(C)c(C(=O)O)s2)ccc1OCC(C)C. The van der Waals surface area contributed by atoms with Crippen LogP contribution in [0.2, 0.25) is 0 Å². The van der Waals surface area contributed by atoms with Crippen molar-refractivity contribution in [2.75, 3.05) is 13.7 Å². The number of aromatic nitrogens is 1. The largest absolute Gasteiger partial charge is 0.493 e. The van der Waals surface area contributed by atoms with Gasteiger partial charge in [0.2, 0.25) is 0 Å². The molecule has 0 saturated heterocycles. The van der Waals surface area contributed by atoms with Gasteiger partial charge in [0.05, 0.1) is 19.4 Å². The van der Waals surface area contributed by atoms with Crippen molar-refractivity contribution in [3.63, 3.8) is 0 Å². The molecule has 1 heterocycles. The second-order valence-electron chi connectivity index (χ2n) is 5.31. The molecule has 0 radical (unpaired) electrons. The predicted molar refractivity (Wildman–Crippen MR) is 86.1 cm³/mol. The standard InChI is InChI=1S/C16H19NO4S/c1-9(2)8-21-12-6-5-11(7-13(12)20-4)15-17-10(3)14(22-15)16(18)19/h5-7,9H,8H2,1-4H3,(H,18,19). The summed E-state index contributed by atoms with van der Waals surface area (Å²) in [4.78, 5) is 15.7. The second kappa shape index (κ2) is 6.79. The molecular formula is C16H19NO4S. The molecule has 0 saturated carbocycles. The van der Waals surface area contributed by atoms with E-state index in [2.05, 4.69) is 18.8 Å². The van der Waals surface area contributed by atoms with Crippen LogP contribution in [0.3, 0.4) is 0 Å². The van der Waals surface area contributed by atoms with Crippen LogP contribution in [0.5, 0.6) is 11.5 Å². The van der Waals surface area contributed by atoms with Gasteiger partial charge in [0.25, 0.3) is 0 Å². The van der Waals surface area contributed by atoms with Crippen molar-refractivity contribution in [1.29, 1.82) is 0 Å². The lowest BCUT2D eigenvalue weighted by Crippen LogP contribution is -2.05. The fourth-order valence-corrected chi connectivity index (χ4v) is 2.80. The lowest BCUT2D eigenvalue weighted by Gasteiger charge is -2.13. The highest BCUT2D eigenvalue weighted by molar-refractivity contribution is 7.17. The highest BCUT2D eigenvalue weighted by Gasteiger charge is 2.16. The van der Waals surface area contributed by atoms with Gasteiger partial charge in [0, 0.05) is 5.56 Å². The Morgan fingerprint density at radius 1 is 1.36 bits per heavy atom. The third-order valence-corrected chi connectivity index (χ3v) is 4.17. The van der Waals surface area contributed by atoms with Crippen LogP contribution >= 0.6 is 11.3 Å². The summed E-state index contributed by atoms with van der Waals surface area (Å²) in [5.41, 5.74) is 1.33. The first-order valence-corrected chi connectivity index (χ1v) is 7.76. The van der Waals surface area contributed by atoms with E-state index in [9.17, 15) is 4.79 Å². The zero-order chi connectivity index (χ0) is 16.3. The average Bonchev–Trinajstić information content (AvgIpc) is 2.87. The van der Waals surface area contributed by atoms with Crippen LogP contribution in [0.15, 0.2) is 18.2 Å². The summed E-state index contributed by atoms with van der Waals surface area (Å²) in [6, 6.07) is 5.51. The molecule has 0 aliphatic carbocycles. The Bertz CT molecular complexity index is 679. The number of aromatic carboxylic acids is 1. The maximum atomic E-state index is 11.1. The van der Waals surface area contributed by atoms with E-state index in [1.54, 1.807) is 14.0 Å². The number of methoxy groups -OCH3 is 1. The monoisotopic (exact) mass is 321 g/mol. The third-order valence-electron chi connectivity index (χ3n) is 2.97. The smallest absolute Gasteiger partial charge is 0.347 e.